The summed E-state index contributed by atoms with van der Waals surface area (Å²) in [7, 11) is 0. The number of aryl methyl sites for hydroxylation is 2. The topological polar surface area (TPSA) is 101 Å². The van der Waals surface area contributed by atoms with Gasteiger partial charge in [-0.05, 0) is 44.9 Å². The van der Waals surface area contributed by atoms with E-state index < -0.39 is 0 Å². The maximum absolute atomic E-state index is 12.9. The van der Waals surface area contributed by atoms with Crippen molar-refractivity contribution in [3.63, 3.8) is 0 Å². The SMILES string of the molecule is C/C=C(\C=N/C(=N)N1CCC(O)C1)c1ccccc1N1CCN(C(=O)Cn2nc(C)cc2C)CC1. The van der Waals surface area contributed by atoms with E-state index in [0.29, 0.717) is 32.6 Å². The number of nitrogens with zero attached hydrogens (tertiary/aromatic N) is 6. The Labute approximate surface area is 206 Å². The Kier molecular flexibility index (Phi) is 7.65. The quantitative estimate of drug-likeness (QED) is 0.509. The molecule has 0 spiro atoms. The van der Waals surface area contributed by atoms with Gasteiger partial charge in [0.05, 0.1) is 11.8 Å². The molecule has 3 heterocycles. The number of carbonyl (C=O) groups excluding carboxylic acids is 1. The molecule has 1 atom stereocenters. The lowest BCUT2D eigenvalue weighted by molar-refractivity contribution is -0.132. The summed E-state index contributed by atoms with van der Waals surface area (Å²) < 4.78 is 1.78. The van der Waals surface area contributed by atoms with E-state index in [2.05, 4.69) is 27.1 Å². The van der Waals surface area contributed by atoms with Crippen LogP contribution in [0.4, 0.5) is 5.69 Å². The van der Waals surface area contributed by atoms with Gasteiger partial charge >= 0.3 is 0 Å². The molecule has 1 aromatic heterocycles. The van der Waals surface area contributed by atoms with Crippen molar-refractivity contribution in [1.82, 2.24) is 19.6 Å². The summed E-state index contributed by atoms with van der Waals surface area (Å²) in [5, 5.41) is 22.4. The number of para-hydroxylation sites is 1. The van der Waals surface area contributed by atoms with Crippen molar-refractivity contribution in [1.29, 1.82) is 5.41 Å². The molecule has 1 unspecified atom stereocenters. The van der Waals surface area contributed by atoms with Crippen molar-refractivity contribution in [2.75, 3.05) is 44.2 Å². The molecular weight excluding hydrogens is 442 g/mol. The molecule has 0 saturated carbocycles. The molecule has 4 rings (SSSR count). The second-order valence-corrected chi connectivity index (χ2v) is 9.18. The molecule has 2 saturated heterocycles. The fourth-order valence-corrected chi connectivity index (χ4v) is 4.70. The van der Waals surface area contributed by atoms with Gasteiger partial charge in [-0.1, -0.05) is 24.3 Å². The number of likely N-dealkylation sites (tertiary alicyclic amines) is 1. The minimum atomic E-state index is -0.384. The molecule has 1 amide bonds. The zero-order chi connectivity index (χ0) is 24.9. The molecule has 0 radical (unpaired) electrons. The first-order valence-electron chi connectivity index (χ1n) is 12.2. The Bertz CT molecular complexity index is 1130. The van der Waals surface area contributed by atoms with Gasteiger partial charge in [-0.2, -0.15) is 5.10 Å². The fourth-order valence-electron chi connectivity index (χ4n) is 4.70. The highest BCUT2D eigenvalue weighted by molar-refractivity contribution is 6.14. The van der Waals surface area contributed by atoms with Crippen LogP contribution in [0, 0.1) is 19.3 Å². The highest BCUT2D eigenvalue weighted by atomic mass is 16.3. The van der Waals surface area contributed by atoms with Gasteiger partial charge in [0.15, 0.2) is 0 Å². The number of aromatic nitrogens is 2. The molecular formula is C26H35N7O2. The van der Waals surface area contributed by atoms with Crippen LogP contribution in [0.5, 0.6) is 0 Å². The molecule has 0 bridgehead atoms. The van der Waals surface area contributed by atoms with Crippen molar-refractivity contribution in [2.45, 2.75) is 39.8 Å². The van der Waals surface area contributed by atoms with E-state index in [0.717, 1.165) is 41.3 Å². The van der Waals surface area contributed by atoms with Crippen molar-refractivity contribution < 1.29 is 9.90 Å². The largest absolute Gasteiger partial charge is 0.391 e. The predicted molar refractivity (Wildman–Crippen MR) is 139 cm³/mol. The maximum atomic E-state index is 12.9. The van der Waals surface area contributed by atoms with Gasteiger partial charge < -0.3 is 19.8 Å². The van der Waals surface area contributed by atoms with E-state index in [1.807, 2.05) is 49.9 Å². The number of piperazine rings is 1. The summed E-state index contributed by atoms with van der Waals surface area (Å²) in [6.07, 6.45) is 4.03. The molecule has 2 aliphatic heterocycles. The first-order chi connectivity index (χ1) is 16.9. The van der Waals surface area contributed by atoms with Crippen LogP contribution in [-0.4, -0.2) is 88.1 Å². The molecule has 9 heteroatoms. The van der Waals surface area contributed by atoms with Gasteiger partial charge in [-0.3, -0.25) is 14.9 Å². The number of anilines is 1. The Morgan fingerprint density at radius 1 is 1.17 bits per heavy atom. The number of benzene rings is 1. The van der Waals surface area contributed by atoms with Crippen LogP contribution >= 0.6 is 0 Å². The van der Waals surface area contributed by atoms with Gasteiger partial charge in [0.1, 0.15) is 6.54 Å². The number of rotatable bonds is 5. The maximum Gasteiger partial charge on any atom is 0.244 e. The Balaban J connectivity index is 1.40. The fraction of sp³-hybridized carbons (Fsp3) is 0.462. The van der Waals surface area contributed by atoms with E-state index in [1.165, 1.54) is 0 Å². The van der Waals surface area contributed by atoms with Crippen LogP contribution < -0.4 is 4.90 Å². The number of nitrogens with one attached hydrogen (secondary N) is 1. The molecule has 186 valence electrons. The predicted octanol–water partition coefficient (Wildman–Crippen LogP) is 2.32. The summed E-state index contributed by atoms with van der Waals surface area (Å²) in [4.78, 5) is 23.3. The molecule has 1 aromatic carbocycles. The first kappa shape index (κ1) is 24.7. The average Bonchev–Trinajstić information content (AvgIpc) is 3.43. The molecule has 9 nitrogen and oxygen atoms in total. The number of hydrogen-bond donors (Lipinski definition) is 2. The number of aliphatic hydroxyl groups is 1. The van der Waals surface area contributed by atoms with Crippen molar-refractivity contribution in [3.8, 4) is 0 Å². The third kappa shape index (κ3) is 5.79. The zero-order valence-corrected chi connectivity index (χ0v) is 20.8. The zero-order valence-electron chi connectivity index (χ0n) is 20.8. The number of allylic oxidation sites excluding steroid dienone is 2. The molecule has 2 N–H and O–H groups in total. The number of carbonyl (C=O) groups is 1. The highest BCUT2D eigenvalue weighted by Crippen LogP contribution is 2.27. The second-order valence-electron chi connectivity index (χ2n) is 9.18. The monoisotopic (exact) mass is 477 g/mol. The number of amides is 1. The van der Waals surface area contributed by atoms with Gasteiger partial charge in [0, 0.05) is 62.4 Å². The number of guanidine groups is 1. The Hall–Kier alpha value is -3.46. The van der Waals surface area contributed by atoms with Crippen LogP contribution in [-0.2, 0) is 11.3 Å². The van der Waals surface area contributed by atoms with Gasteiger partial charge in [-0.15, -0.1) is 0 Å². The molecule has 2 fully saturated rings. The van der Waals surface area contributed by atoms with Crippen LogP contribution in [0.1, 0.15) is 30.3 Å². The van der Waals surface area contributed by atoms with Crippen LogP contribution in [0.15, 0.2) is 41.4 Å². The molecule has 2 aromatic rings. The molecule has 0 aliphatic carbocycles. The normalized spacial score (nSPS) is 19.1. The number of β-amino-alcohol motifs (C(OH)–C–C–N with tert-alkyl or cyclic N) is 1. The Morgan fingerprint density at radius 3 is 2.54 bits per heavy atom. The standard InChI is InChI=1S/C26H35N7O2/c1-4-21(16-28-26(27)32-10-9-22(34)17-32)23-7-5-6-8-24(23)30-11-13-31(14-12-30)25(35)18-33-20(3)15-19(2)29-33/h4-8,15-16,22,27,34H,9-14,17-18H2,1-3H3/b21-4+,27-26?,28-16-. The third-order valence-corrected chi connectivity index (χ3v) is 6.68. The summed E-state index contributed by atoms with van der Waals surface area (Å²) in [6, 6.07) is 10.2. The van der Waals surface area contributed by atoms with Crippen molar-refractivity contribution >= 4 is 29.3 Å². The summed E-state index contributed by atoms with van der Waals surface area (Å²) in [5.41, 5.74) is 5.01. The molecule has 35 heavy (non-hydrogen) atoms. The summed E-state index contributed by atoms with van der Waals surface area (Å²) in [5.74, 6) is 0.268. The highest BCUT2D eigenvalue weighted by Gasteiger charge is 2.24. The van der Waals surface area contributed by atoms with Crippen molar-refractivity contribution in [2.24, 2.45) is 4.99 Å². The molecule has 2 aliphatic rings. The number of aliphatic imine (C=N–C) groups is 1. The van der Waals surface area contributed by atoms with Gasteiger partial charge in [-0.25, -0.2) is 4.99 Å². The van der Waals surface area contributed by atoms with Crippen LogP contribution in [0.3, 0.4) is 0 Å². The average molecular weight is 478 g/mol. The lowest BCUT2D eigenvalue weighted by Gasteiger charge is -2.37. The first-order valence-corrected chi connectivity index (χ1v) is 12.2. The lowest BCUT2D eigenvalue weighted by atomic mass is 10.0. The minimum absolute atomic E-state index is 0.0935. The van der Waals surface area contributed by atoms with Gasteiger partial charge in [0.2, 0.25) is 11.9 Å². The van der Waals surface area contributed by atoms with E-state index in [-0.39, 0.29) is 24.5 Å². The number of hydrogen-bond acceptors (Lipinski definition) is 5. The second kappa shape index (κ2) is 10.9. The van der Waals surface area contributed by atoms with E-state index in [4.69, 9.17) is 5.41 Å². The van der Waals surface area contributed by atoms with E-state index >= 15 is 0 Å². The van der Waals surface area contributed by atoms with E-state index in [9.17, 15) is 9.90 Å². The van der Waals surface area contributed by atoms with Crippen LogP contribution in [0.2, 0.25) is 0 Å². The smallest absolute Gasteiger partial charge is 0.244 e. The van der Waals surface area contributed by atoms with Gasteiger partial charge in [0.25, 0.3) is 0 Å². The Morgan fingerprint density at radius 2 is 1.91 bits per heavy atom. The van der Waals surface area contributed by atoms with Crippen LogP contribution in [0.25, 0.3) is 5.57 Å². The minimum Gasteiger partial charge on any atom is -0.391 e. The van der Waals surface area contributed by atoms with Crippen molar-refractivity contribution in [3.05, 3.63) is 53.4 Å². The summed E-state index contributed by atoms with van der Waals surface area (Å²) >= 11 is 0. The van der Waals surface area contributed by atoms with E-state index in [1.54, 1.807) is 15.8 Å². The summed E-state index contributed by atoms with van der Waals surface area (Å²) in [6.45, 7) is 10.1. The number of aliphatic hydroxyl groups excluding tert-OH is 1. The third-order valence-electron chi connectivity index (χ3n) is 6.68. The lowest BCUT2D eigenvalue weighted by Crippen LogP contribution is -2.50.